The van der Waals surface area contributed by atoms with Crippen molar-refractivity contribution in [2.45, 2.75) is 6.18 Å². The zero-order chi connectivity index (χ0) is 14.5. The highest BCUT2D eigenvalue weighted by atomic mass is 19.4. The average molecular weight is 275 g/mol. The van der Waals surface area contributed by atoms with Crippen molar-refractivity contribution in [3.63, 3.8) is 0 Å². The molecule has 1 aromatic rings. The SMILES string of the molecule is N#Cc1c(F)cccc1NCC(=O)NCC(F)(F)F. The van der Waals surface area contributed by atoms with Crippen LogP contribution in [0.2, 0.25) is 0 Å². The third-order valence-corrected chi connectivity index (χ3v) is 2.05. The van der Waals surface area contributed by atoms with E-state index in [0.29, 0.717) is 0 Å². The van der Waals surface area contributed by atoms with Crippen LogP contribution in [0.4, 0.5) is 23.2 Å². The Morgan fingerprint density at radius 2 is 2.05 bits per heavy atom. The summed E-state index contributed by atoms with van der Waals surface area (Å²) in [5.41, 5.74) is -0.254. The van der Waals surface area contributed by atoms with Crippen LogP contribution in [0.3, 0.4) is 0 Å². The number of nitrogens with one attached hydrogen (secondary N) is 2. The van der Waals surface area contributed by atoms with Gasteiger partial charge in [0.1, 0.15) is 24.0 Å². The molecule has 0 bridgehead atoms. The van der Waals surface area contributed by atoms with Crippen molar-refractivity contribution >= 4 is 11.6 Å². The Labute approximate surface area is 106 Å². The number of anilines is 1. The van der Waals surface area contributed by atoms with Gasteiger partial charge in [-0.3, -0.25) is 4.79 Å². The van der Waals surface area contributed by atoms with Gasteiger partial charge >= 0.3 is 6.18 Å². The zero-order valence-electron chi connectivity index (χ0n) is 9.51. The highest BCUT2D eigenvalue weighted by Gasteiger charge is 2.27. The summed E-state index contributed by atoms with van der Waals surface area (Å²) >= 11 is 0. The number of carbonyl (C=O) groups excluding carboxylic acids is 1. The van der Waals surface area contributed by atoms with Crippen molar-refractivity contribution < 1.29 is 22.4 Å². The molecule has 0 unspecified atom stereocenters. The van der Waals surface area contributed by atoms with Crippen LogP contribution >= 0.6 is 0 Å². The number of hydrogen-bond donors (Lipinski definition) is 2. The molecule has 102 valence electrons. The van der Waals surface area contributed by atoms with E-state index < -0.39 is 31.0 Å². The molecule has 2 N–H and O–H groups in total. The molecule has 0 spiro atoms. The molecule has 0 fully saturated rings. The van der Waals surface area contributed by atoms with Gasteiger partial charge in [0.25, 0.3) is 0 Å². The fourth-order valence-corrected chi connectivity index (χ4v) is 1.22. The molecule has 8 heteroatoms. The highest BCUT2D eigenvalue weighted by molar-refractivity contribution is 5.81. The van der Waals surface area contributed by atoms with Gasteiger partial charge in [-0.05, 0) is 12.1 Å². The summed E-state index contributed by atoms with van der Waals surface area (Å²) in [5.74, 6) is -1.69. The van der Waals surface area contributed by atoms with Crippen LogP contribution in [-0.2, 0) is 4.79 Å². The van der Waals surface area contributed by atoms with Gasteiger partial charge in [-0.15, -0.1) is 0 Å². The minimum Gasteiger partial charge on any atom is -0.375 e. The van der Waals surface area contributed by atoms with Crippen molar-refractivity contribution in [2.75, 3.05) is 18.4 Å². The van der Waals surface area contributed by atoms with E-state index in [0.717, 1.165) is 6.07 Å². The molecule has 4 nitrogen and oxygen atoms in total. The van der Waals surface area contributed by atoms with Gasteiger partial charge in [0.05, 0.1) is 12.2 Å². The molecule has 0 saturated heterocycles. The summed E-state index contributed by atoms with van der Waals surface area (Å²) in [4.78, 5) is 11.1. The normalized spacial score (nSPS) is 10.7. The number of halogens is 4. The molecular formula is C11H9F4N3O. The van der Waals surface area contributed by atoms with Gasteiger partial charge in [-0.1, -0.05) is 6.07 Å². The Morgan fingerprint density at radius 1 is 1.37 bits per heavy atom. The maximum atomic E-state index is 13.2. The van der Waals surface area contributed by atoms with Crippen LogP contribution in [0.1, 0.15) is 5.56 Å². The monoisotopic (exact) mass is 275 g/mol. The van der Waals surface area contributed by atoms with Gasteiger partial charge in [0.15, 0.2) is 0 Å². The number of hydrogen-bond acceptors (Lipinski definition) is 3. The van der Waals surface area contributed by atoms with Crippen molar-refractivity contribution in [3.8, 4) is 6.07 Å². The lowest BCUT2D eigenvalue weighted by Gasteiger charge is -2.10. The maximum absolute atomic E-state index is 13.2. The number of nitriles is 1. The number of carbonyl (C=O) groups is 1. The highest BCUT2D eigenvalue weighted by Crippen LogP contribution is 2.17. The Hall–Kier alpha value is -2.30. The largest absolute Gasteiger partial charge is 0.405 e. The molecule has 0 aliphatic carbocycles. The Balaban J connectivity index is 2.56. The van der Waals surface area contributed by atoms with E-state index >= 15 is 0 Å². The van der Waals surface area contributed by atoms with Crippen molar-refractivity contribution in [1.82, 2.24) is 5.32 Å². The molecule has 1 aromatic carbocycles. The van der Waals surface area contributed by atoms with E-state index in [1.807, 2.05) is 0 Å². The van der Waals surface area contributed by atoms with Crippen LogP contribution in [0, 0.1) is 17.1 Å². The van der Waals surface area contributed by atoms with Crippen LogP contribution in [0.15, 0.2) is 18.2 Å². The van der Waals surface area contributed by atoms with Crippen molar-refractivity contribution in [2.24, 2.45) is 0 Å². The summed E-state index contributed by atoms with van der Waals surface area (Å²) in [6, 6.07) is 5.32. The van der Waals surface area contributed by atoms with Gasteiger partial charge in [-0.25, -0.2) is 4.39 Å². The van der Waals surface area contributed by atoms with Gasteiger partial charge < -0.3 is 10.6 Å². The maximum Gasteiger partial charge on any atom is 0.405 e. The second-order valence-corrected chi connectivity index (χ2v) is 3.52. The first kappa shape index (κ1) is 14.8. The Morgan fingerprint density at radius 3 is 2.63 bits per heavy atom. The lowest BCUT2D eigenvalue weighted by Crippen LogP contribution is -2.37. The molecule has 0 heterocycles. The van der Waals surface area contributed by atoms with Crippen LogP contribution < -0.4 is 10.6 Å². The van der Waals surface area contributed by atoms with Crippen LogP contribution in [0.5, 0.6) is 0 Å². The molecule has 0 radical (unpaired) electrons. The second kappa shape index (κ2) is 6.04. The number of alkyl halides is 3. The molecule has 19 heavy (non-hydrogen) atoms. The average Bonchev–Trinajstić information content (AvgIpc) is 2.33. The summed E-state index contributed by atoms with van der Waals surface area (Å²) in [7, 11) is 0. The first-order valence-corrected chi connectivity index (χ1v) is 5.09. The summed E-state index contributed by atoms with van der Waals surface area (Å²) < 4.78 is 48.6. The number of amides is 1. The van der Waals surface area contributed by atoms with Crippen LogP contribution in [0.25, 0.3) is 0 Å². The zero-order valence-corrected chi connectivity index (χ0v) is 9.51. The third kappa shape index (κ3) is 4.83. The lowest BCUT2D eigenvalue weighted by molar-refractivity contribution is -0.137. The standard InChI is InChI=1S/C11H9F4N3O/c12-8-2-1-3-9(7(8)4-16)17-5-10(19)18-6-11(13,14)15/h1-3,17H,5-6H2,(H,18,19). The molecule has 0 aliphatic rings. The minimum absolute atomic E-state index is 0.0460. The lowest BCUT2D eigenvalue weighted by atomic mass is 10.2. The summed E-state index contributed by atoms with van der Waals surface area (Å²) in [6.45, 7) is -1.93. The Kier molecular flexibility index (Phi) is 4.69. The molecule has 0 aliphatic heterocycles. The first-order chi connectivity index (χ1) is 8.83. The molecule has 1 rings (SSSR count). The molecular weight excluding hydrogens is 266 g/mol. The minimum atomic E-state index is -4.49. The van der Waals surface area contributed by atoms with E-state index in [1.54, 1.807) is 11.4 Å². The fourth-order valence-electron chi connectivity index (χ4n) is 1.22. The van der Waals surface area contributed by atoms with E-state index in [9.17, 15) is 22.4 Å². The van der Waals surface area contributed by atoms with Crippen molar-refractivity contribution in [1.29, 1.82) is 5.26 Å². The molecule has 0 saturated carbocycles. The van der Waals surface area contributed by atoms with E-state index in [2.05, 4.69) is 5.32 Å². The quantitative estimate of drug-likeness (QED) is 0.823. The first-order valence-electron chi connectivity index (χ1n) is 5.09. The molecule has 0 atom stereocenters. The number of rotatable bonds is 4. The van der Waals surface area contributed by atoms with E-state index in [4.69, 9.17) is 5.26 Å². The van der Waals surface area contributed by atoms with Gasteiger partial charge in [0.2, 0.25) is 5.91 Å². The predicted molar refractivity (Wildman–Crippen MR) is 58.7 cm³/mol. The van der Waals surface area contributed by atoms with E-state index in [-0.39, 0.29) is 11.3 Å². The molecule has 1 amide bonds. The second-order valence-electron chi connectivity index (χ2n) is 3.52. The Bertz CT molecular complexity index is 508. The van der Waals surface area contributed by atoms with Gasteiger partial charge in [0, 0.05) is 0 Å². The third-order valence-electron chi connectivity index (χ3n) is 2.05. The molecule has 0 aromatic heterocycles. The smallest absolute Gasteiger partial charge is 0.375 e. The number of nitrogens with zero attached hydrogens (tertiary/aromatic N) is 1. The predicted octanol–water partition coefficient (Wildman–Crippen LogP) is 1.79. The van der Waals surface area contributed by atoms with E-state index in [1.165, 1.54) is 12.1 Å². The van der Waals surface area contributed by atoms with Crippen LogP contribution in [-0.4, -0.2) is 25.2 Å². The van der Waals surface area contributed by atoms with Crippen molar-refractivity contribution in [3.05, 3.63) is 29.6 Å². The summed E-state index contributed by atoms with van der Waals surface area (Å²) in [5, 5.41) is 12.7. The summed E-state index contributed by atoms with van der Waals surface area (Å²) in [6.07, 6.45) is -4.49. The van der Waals surface area contributed by atoms with Gasteiger partial charge in [-0.2, -0.15) is 18.4 Å². The fraction of sp³-hybridized carbons (Fsp3) is 0.273. The number of benzene rings is 1. The topological polar surface area (TPSA) is 64.9 Å².